The van der Waals surface area contributed by atoms with Gasteiger partial charge >= 0.3 is 5.97 Å². The van der Waals surface area contributed by atoms with Gasteiger partial charge in [0.2, 0.25) is 0 Å². The first-order valence-corrected chi connectivity index (χ1v) is 7.10. The summed E-state index contributed by atoms with van der Waals surface area (Å²) in [4.78, 5) is 12.2. The normalized spacial score (nSPS) is 21.6. The summed E-state index contributed by atoms with van der Waals surface area (Å²) in [5, 5.41) is 0. The molecule has 21 heavy (non-hydrogen) atoms. The average Bonchev–Trinajstić information content (AvgIpc) is 2.49. The lowest BCUT2D eigenvalue weighted by Gasteiger charge is -2.31. The van der Waals surface area contributed by atoms with Gasteiger partial charge in [0.25, 0.3) is 0 Å². The van der Waals surface area contributed by atoms with E-state index in [2.05, 4.69) is 12.5 Å². The van der Waals surface area contributed by atoms with Crippen LogP contribution in [0, 0.1) is 18.3 Å². The van der Waals surface area contributed by atoms with E-state index in [1.54, 1.807) is 12.1 Å². The van der Waals surface area contributed by atoms with Gasteiger partial charge in [-0.15, -0.1) is 6.42 Å². The lowest BCUT2D eigenvalue weighted by atomic mass is 9.79. The molecule has 0 fully saturated rings. The van der Waals surface area contributed by atoms with Gasteiger partial charge in [-0.3, -0.25) is 0 Å². The van der Waals surface area contributed by atoms with Crippen LogP contribution in [-0.2, 0) is 4.74 Å². The first kappa shape index (κ1) is 15.1. The van der Waals surface area contributed by atoms with Crippen LogP contribution in [-0.4, -0.2) is 12.1 Å². The molecule has 1 aromatic carbocycles. The van der Waals surface area contributed by atoms with Crippen LogP contribution >= 0.6 is 0 Å². The van der Waals surface area contributed by atoms with E-state index in [0.29, 0.717) is 5.56 Å². The molecule has 0 unspecified atom stereocenters. The van der Waals surface area contributed by atoms with Crippen LogP contribution in [0.3, 0.4) is 0 Å². The summed E-state index contributed by atoms with van der Waals surface area (Å²) in [5.74, 6) is 2.69. The molecule has 0 heterocycles. The van der Waals surface area contributed by atoms with Gasteiger partial charge in [0.05, 0.1) is 5.56 Å². The third kappa shape index (κ3) is 3.44. The molecule has 0 amide bonds. The van der Waals surface area contributed by atoms with Gasteiger partial charge < -0.3 is 4.74 Å². The molecule has 0 aliphatic heterocycles. The van der Waals surface area contributed by atoms with E-state index >= 15 is 0 Å². The predicted octanol–water partition coefficient (Wildman–Crippen LogP) is 4.15. The number of benzene rings is 1. The number of hydrogen-bond acceptors (Lipinski definition) is 2. The molecule has 1 aromatic rings. The van der Waals surface area contributed by atoms with Crippen molar-refractivity contribution >= 4 is 5.97 Å². The molecule has 0 aromatic heterocycles. The summed E-state index contributed by atoms with van der Waals surface area (Å²) < 4.78 is 5.67. The van der Waals surface area contributed by atoms with Crippen LogP contribution in [0.25, 0.3) is 0 Å². The van der Waals surface area contributed by atoms with Crippen molar-refractivity contribution in [3.63, 3.8) is 0 Å². The number of esters is 1. The number of allylic oxidation sites excluding steroid dienone is 2. The lowest BCUT2D eigenvalue weighted by molar-refractivity contribution is 0.0320. The highest BCUT2D eigenvalue weighted by Gasteiger charge is 2.29. The third-order valence-corrected chi connectivity index (χ3v) is 4.04. The molecule has 0 spiro atoms. The number of terminal acetylenes is 1. The van der Waals surface area contributed by atoms with Crippen LogP contribution in [0.1, 0.15) is 37.0 Å². The second-order valence-corrected chi connectivity index (χ2v) is 5.55. The van der Waals surface area contributed by atoms with Crippen molar-refractivity contribution in [2.75, 3.05) is 0 Å². The molecular weight excluding hydrogens is 260 g/mol. The summed E-state index contributed by atoms with van der Waals surface area (Å²) in [6, 6.07) is 9.02. The van der Waals surface area contributed by atoms with Crippen LogP contribution in [0.2, 0.25) is 0 Å². The first-order valence-electron chi connectivity index (χ1n) is 7.10. The summed E-state index contributed by atoms with van der Waals surface area (Å²) in [6.07, 6.45) is 6.89. The topological polar surface area (TPSA) is 26.3 Å². The molecular formula is C19H20O2. The zero-order valence-electron chi connectivity index (χ0n) is 12.6. The highest BCUT2D eigenvalue weighted by Crippen LogP contribution is 2.34. The smallest absolute Gasteiger partial charge is 0.338 e. The molecule has 0 N–H and O–H groups in total. The van der Waals surface area contributed by atoms with Gasteiger partial charge in [-0.25, -0.2) is 4.79 Å². The molecule has 0 radical (unpaired) electrons. The van der Waals surface area contributed by atoms with E-state index in [-0.39, 0.29) is 18.0 Å². The number of ether oxygens (including phenoxy) is 1. The summed E-state index contributed by atoms with van der Waals surface area (Å²) in [5.41, 5.74) is 3.56. The van der Waals surface area contributed by atoms with Crippen molar-refractivity contribution in [3.8, 4) is 12.3 Å². The molecule has 0 bridgehead atoms. The maximum Gasteiger partial charge on any atom is 0.338 e. The SMILES string of the molecule is C#CC1=C(C)[C@H](OC(=O)c2ccccc2)C[C@@H](C(=C)C)C1. The lowest BCUT2D eigenvalue weighted by Crippen LogP contribution is -2.28. The number of carbonyl (C=O) groups is 1. The predicted molar refractivity (Wildman–Crippen MR) is 84.7 cm³/mol. The number of carbonyl (C=O) groups excluding carboxylic acids is 1. The fourth-order valence-corrected chi connectivity index (χ4v) is 2.58. The Morgan fingerprint density at radius 3 is 2.62 bits per heavy atom. The van der Waals surface area contributed by atoms with Crippen molar-refractivity contribution in [1.82, 2.24) is 0 Å². The second kappa shape index (κ2) is 6.45. The minimum absolute atomic E-state index is 0.265. The van der Waals surface area contributed by atoms with Crippen molar-refractivity contribution in [1.29, 1.82) is 0 Å². The Bertz CT molecular complexity index is 617. The number of rotatable bonds is 3. The zero-order chi connectivity index (χ0) is 15.4. The molecule has 2 nitrogen and oxygen atoms in total. The summed E-state index contributed by atoms with van der Waals surface area (Å²) in [6.45, 7) is 7.96. The summed E-state index contributed by atoms with van der Waals surface area (Å²) in [7, 11) is 0. The molecule has 2 rings (SSSR count). The monoisotopic (exact) mass is 280 g/mol. The van der Waals surface area contributed by atoms with Gasteiger partial charge in [0.15, 0.2) is 0 Å². The first-order chi connectivity index (χ1) is 10.0. The highest BCUT2D eigenvalue weighted by atomic mass is 16.5. The highest BCUT2D eigenvalue weighted by molar-refractivity contribution is 5.89. The largest absolute Gasteiger partial charge is 0.454 e. The molecule has 1 aliphatic carbocycles. The van der Waals surface area contributed by atoms with E-state index in [9.17, 15) is 4.79 Å². The fraction of sp³-hybridized carbons (Fsp3) is 0.316. The Labute approximate surface area is 126 Å². The fourth-order valence-electron chi connectivity index (χ4n) is 2.58. The van der Waals surface area contributed by atoms with Gasteiger partial charge in [0.1, 0.15) is 6.10 Å². The maximum atomic E-state index is 12.2. The Hall–Kier alpha value is -2.27. The standard InChI is InChI=1S/C19H20O2/c1-5-15-11-17(13(2)3)12-18(14(15)4)21-19(20)16-9-7-6-8-10-16/h1,6-10,17-18H,2,11-12H2,3-4H3/t17-,18+/m0/s1. The van der Waals surface area contributed by atoms with E-state index in [4.69, 9.17) is 11.2 Å². The average molecular weight is 280 g/mol. The maximum absolute atomic E-state index is 12.2. The van der Waals surface area contributed by atoms with E-state index in [1.165, 1.54) is 0 Å². The van der Waals surface area contributed by atoms with Gasteiger partial charge in [-0.05, 0) is 50.3 Å². The minimum Gasteiger partial charge on any atom is -0.454 e. The summed E-state index contributed by atoms with van der Waals surface area (Å²) >= 11 is 0. The zero-order valence-corrected chi connectivity index (χ0v) is 12.6. The van der Waals surface area contributed by atoms with E-state index in [1.807, 2.05) is 32.0 Å². The minimum atomic E-state index is -0.307. The molecule has 0 saturated heterocycles. The van der Waals surface area contributed by atoms with Crippen molar-refractivity contribution in [3.05, 3.63) is 59.2 Å². The van der Waals surface area contributed by atoms with Gasteiger partial charge in [-0.1, -0.05) is 36.3 Å². The Morgan fingerprint density at radius 2 is 2.05 bits per heavy atom. The van der Waals surface area contributed by atoms with Crippen LogP contribution in [0.4, 0.5) is 0 Å². The van der Waals surface area contributed by atoms with Gasteiger partial charge in [0, 0.05) is 5.57 Å². The Kier molecular flexibility index (Phi) is 4.65. The van der Waals surface area contributed by atoms with Crippen LogP contribution in [0.15, 0.2) is 53.6 Å². The molecule has 2 atom stereocenters. The van der Waals surface area contributed by atoms with Crippen molar-refractivity contribution < 1.29 is 9.53 Å². The Balaban J connectivity index is 2.20. The molecule has 0 saturated carbocycles. The van der Waals surface area contributed by atoms with Crippen molar-refractivity contribution in [2.24, 2.45) is 5.92 Å². The van der Waals surface area contributed by atoms with Crippen LogP contribution < -0.4 is 0 Å². The molecule has 1 aliphatic rings. The molecule has 2 heteroatoms. The molecule has 108 valence electrons. The quantitative estimate of drug-likeness (QED) is 0.472. The van der Waals surface area contributed by atoms with Gasteiger partial charge in [-0.2, -0.15) is 0 Å². The van der Waals surface area contributed by atoms with E-state index in [0.717, 1.165) is 29.6 Å². The third-order valence-electron chi connectivity index (χ3n) is 4.04. The van der Waals surface area contributed by atoms with E-state index < -0.39 is 0 Å². The van der Waals surface area contributed by atoms with Crippen molar-refractivity contribution in [2.45, 2.75) is 32.8 Å². The second-order valence-electron chi connectivity index (χ2n) is 5.55. The Morgan fingerprint density at radius 1 is 1.38 bits per heavy atom. The van der Waals surface area contributed by atoms with Crippen LogP contribution in [0.5, 0.6) is 0 Å². The number of hydrogen-bond donors (Lipinski definition) is 0.